The molecule has 3 aromatic rings. The van der Waals surface area contributed by atoms with Gasteiger partial charge >= 0.3 is 5.97 Å². The van der Waals surface area contributed by atoms with Crippen LogP contribution >= 0.6 is 11.8 Å². The maximum Gasteiger partial charge on any atom is 0.339 e. The Hall–Kier alpha value is -2.80. The molecule has 2 heterocycles. The molecule has 0 bridgehead atoms. The van der Waals surface area contributed by atoms with E-state index in [1.807, 2.05) is 42.7 Å². The third-order valence-corrected chi connectivity index (χ3v) is 5.49. The van der Waals surface area contributed by atoms with Crippen molar-refractivity contribution in [3.05, 3.63) is 65.5 Å². The van der Waals surface area contributed by atoms with E-state index < -0.39 is 12.1 Å². The van der Waals surface area contributed by atoms with Gasteiger partial charge in [-0.25, -0.2) is 9.78 Å². The van der Waals surface area contributed by atoms with Crippen LogP contribution in [-0.2, 0) is 16.0 Å². The van der Waals surface area contributed by atoms with Gasteiger partial charge < -0.3 is 15.0 Å². The Morgan fingerprint density at radius 1 is 1.29 bits per heavy atom. The van der Waals surface area contributed by atoms with Gasteiger partial charge in [0, 0.05) is 6.42 Å². The van der Waals surface area contributed by atoms with Gasteiger partial charge in [0.15, 0.2) is 6.10 Å². The van der Waals surface area contributed by atoms with Gasteiger partial charge in [-0.05, 0) is 42.2 Å². The van der Waals surface area contributed by atoms with Gasteiger partial charge in [0.1, 0.15) is 5.82 Å². The second-order valence-corrected chi connectivity index (χ2v) is 7.72. The summed E-state index contributed by atoms with van der Waals surface area (Å²) in [4.78, 5) is 33.0. The van der Waals surface area contributed by atoms with E-state index in [-0.39, 0.29) is 11.9 Å². The Labute approximate surface area is 167 Å². The van der Waals surface area contributed by atoms with E-state index in [1.165, 1.54) is 0 Å². The fraction of sp³-hybridized carbons (Fsp3) is 0.286. The summed E-state index contributed by atoms with van der Waals surface area (Å²) in [5.41, 5.74) is 3.16. The van der Waals surface area contributed by atoms with Gasteiger partial charge in [-0.15, -0.1) is 0 Å². The van der Waals surface area contributed by atoms with Crippen LogP contribution in [0.25, 0.3) is 11.0 Å². The predicted octanol–water partition coefficient (Wildman–Crippen LogP) is 3.26. The molecule has 0 spiro atoms. The Kier molecular flexibility index (Phi) is 5.34. The lowest BCUT2D eigenvalue weighted by Crippen LogP contribution is -2.43. The maximum absolute atomic E-state index is 12.9. The number of fused-ring (bicyclic) bond motifs is 2. The predicted molar refractivity (Wildman–Crippen MR) is 109 cm³/mol. The highest BCUT2D eigenvalue weighted by Crippen LogP contribution is 2.23. The number of nitrogens with zero attached hydrogens (tertiary/aromatic N) is 1. The van der Waals surface area contributed by atoms with Crippen LogP contribution in [0.2, 0.25) is 0 Å². The number of aromatic nitrogens is 2. The molecule has 0 saturated carbocycles. The first kappa shape index (κ1) is 18.6. The van der Waals surface area contributed by atoms with Gasteiger partial charge in [0.2, 0.25) is 0 Å². The number of esters is 1. The molecular formula is C21H21N3O3S. The number of hydrogen-bond donors (Lipinski definition) is 2. The summed E-state index contributed by atoms with van der Waals surface area (Å²) in [6.07, 6.45) is 2.30. The first-order valence-electron chi connectivity index (χ1n) is 9.18. The Morgan fingerprint density at radius 3 is 2.89 bits per heavy atom. The summed E-state index contributed by atoms with van der Waals surface area (Å²) in [5.74, 6) is 0.835. The number of ether oxygens (including phenoxy) is 1. The summed E-state index contributed by atoms with van der Waals surface area (Å²) < 4.78 is 5.39. The number of carbonyl (C=O) groups is 2. The molecule has 0 radical (unpaired) electrons. The molecule has 144 valence electrons. The number of amides is 1. The SMILES string of the molecule is CSCCC(NC(=O)C1Cc2ccccc2C(=O)O1)c1nc2ccccc2[nH]1. The van der Waals surface area contributed by atoms with Gasteiger partial charge in [-0.1, -0.05) is 30.3 Å². The Balaban J connectivity index is 1.53. The smallest absolute Gasteiger partial charge is 0.339 e. The zero-order valence-electron chi connectivity index (χ0n) is 15.5. The summed E-state index contributed by atoms with van der Waals surface area (Å²) in [5, 5.41) is 3.03. The van der Waals surface area contributed by atoms with Crippen LogP contribution in [0.1, 0.15) is 34.2 Å². The number of thioether (sulfide) groups is 1. The molecule has 1 aliphatic heterocycles. The van der Waals surface area contributed by atoms with Crippen molar-refractivity contribution in [1.82, 2.24) is 15.3 Å². The van der Waals surface area contributed by atoms with Crippen LogP contribution in [0.15, 0.2) is 48.5 Å². The third-order valence-electron chi connectivity index (χ3n) is 4.85. The van der Waals surface area contributed by atoms with Crippen molar-refractivity contribution in [3.63, 3.8) is 0 Å². The number of hydrogen-bond acceptors (Lipinski definition) is 5. The summed E-state index contributed by atoms with van der Waals surface area (Å²) in [6, 6.07) is 14.7. The van der Waals surface area contributed by atoms with E-state index in [4.69, 9.17) is 4.74 Å². The normalized spacial score (nSPS) is 17.0. The molecule has 2 atom stereocenters. The molecule has 2 N–H and O–H groups in total. The van der Waals surface area contributed by atoms with Crippen LogP contribution in [0, 0.1) is 0 Å². The van der Waals surface area contributed by atoms with E-state index in [0.29, 0.717) is 17.8 Å². The van der Waals surface area contributed by atoms with Crippen molar-refractivity contribution < 1.29 is 14.3 Å². The minimum absolute atomic E-state index is 0.275. The van der Waals surface area contributed by atoms with Crippen LogP contribution in [0.4, 0.5) is 0 Å². The van der Waals surface area contributed by atoms with Crippen molar-refractivity contribution in [3.8, 4) is 0 Å². The van der Waals surface area contributed by atoms with E-state index >= 15 is 0 Å². The van der Waals surface area contributed by atoms with Crippen LogP contribution in [0.3, 0.4) is 0 Å². The number of imidazole rings is 1. The fourth-order valence-electron chi connectivity index (χ4n) is 3.39. The molecular weight excluding hydrogens is 374 g/mol. The molecule has 1 amide bonds. The van der Waals surface area contributed by atoms with Crippen LogP contribution < -0.4 is 5.32 Å². The highest BCUT2D eigenvalue weighted by Gasteiger charge is 2.32. The molecule has 4 rings (SSSR count). The van der Waals surface area contributed by atoms with E-state index in [9.17, 15) is 9.59 Å². The minimum atomic E-state index is -0.830. The lowest BCUT2D eigenvalue weighted by atomic mass is 9.98. The van der Waals surface area contributed by atoms with Crippen LogP contribution in [0.5, 0.6) is 0 Å². The first-order chi connectivity index (χ1) is 13.7. The lowest BCUT2D eigenvalue weighted by molar-refractivity contribution is -0.131. The van der Waals surface area contributed by atoms with Gasteiger partial charge in [-0.2, -0.15) is 11.8 Å². The quantitative estimate of drug-likeness (QED) is 0.626. The Morgan fingerprint density at radius 2 is 2.07 bits per heavy atom. The fourth-order valence-corrected chi connectivity index (χ4v) is 3.86. The second-order valence-electron chi connectivity index (χ2n) is 6.74. The average Bonchev–Trinajstić information content (AvgIpc) is 3.15. The van der Waals surface area contributed by atoms with Crippen molar-refractivity contribution in [2.45, 2.75) is 25.0 Å². The maximum atomic E-state index is 12.9. The van der Waals surface area contributed by atoms with Crippen molar-refractivity contribution >= 4 is 34.7 Å². The first-order valence-corrected chi connectivity index (χ1v) is 10.6. The molecule has 0 fully saturated rings. The number of nitrogens with one attached hydrogen (secondary N) is 2. The van der Waals surface area contributed by atoms with E-state index in [2.05, 4.69) is 15.3 Å². The van der Waals surface area contributed by atoms with Gasteiger partial charge in [0.05, 0.1) is 22.6 Å². The highest BCUT2D eigenvalue weighted by molar-refractivity contribution is 7.98. The molecule has 6 nitrogen and oxygen atoms in total. The lowest BCUT2D eigenvalue weighted by Gasteiger charge is -2.25. The number of benzene rings is 2. The number of H-pyrrole nitrogens is 1. The highest BCUT2D eigenvalue weighted by atomic mass is 32.2. The van der Waals surface area contributed by atoms with Gasteiger partial charge in [-0.3, -0.25) is 4.79 Å². The standard InChI is InChI=1S/C21H21N3O3S/c1-28-11-10-17(19-22-15-8-4-5-9-16(15)23-19)24-20(25)18-12-13-6-2-3-7-14(13)21(26)27-18/h2-9,17-18H,10-12H2,1H3,(H,22,23)(H,24,25). The minimum Gasteiger partial charge on any atom is -0.448 e. The summed E-state index contributed by atoms with van der Waals surface area (Å²) in [7, 11) is 0. The average molecular weight is 395 g/mol. The molecule has 2 aromatic carbocycles. The monoisotopic (exact) mass is 395 g/mol. The number of cyclic esters (lactones) is 1. The summed E-state index contributed by atoms with van der Waals surface area (Å²) >= 11 is 1.71. The molecule has 1 aliphatic rings. The van der Waals surface area contributed by atoms with E-state index in [1.54, 1.807) is 23.9 Å². The number of rotatable bonds is 6. The largest absolute Gasteiger partial charge is 0.448 e. The van der Waals surface area contributed by atoms with Gasteiger partial charge in [0.25, 0.3) is 5.91 Å². The topological polar surface area (TPSA) is 84.1 Å². The van der Waals surface area contributed by atoms with E-state index in [0.717, 1.165) is 28.8 Å². The van der Waals surface area contributed by atoms with Crippen molar-refractivity contribution in [1.29, 1.82) is 0 Å². The Bertz CT molecular complexity index is 984. The number of aromatic amines is 1. The number of carbonyl (C=O) groups excluding carboxylic acids is 2. The molecule has 7 heteroatoms. The second kappa shape index (κ2) is 8.06. The van der Waals surface area contributed by atoms with Crippen molar-refractivity contribution in [2.75, 3.05) is 12.0 Å². The van der Waals surface area contributed by atoms with Crippen molar-refractivity contribution in [2.24, 2.45) is 0 Å². The third kappa shape index (κ3) is 3.75. The molecule has 1 aromatic heterocycles. The molecule has 28 heavy (non-hydrogen) atoms. The zero-order chi connectivity index (χ0) is 19.5. The molecule has 0 saturated heterocycles. The number of para-hydroxylation sites is 2. The summed E-state index contributed by atoms with van der Waals surface area (Å²) in [6.45, 7) is 0. The molecule has 2 unspecified atom stereocenters. The van der Waals surface area contributed by atoms with Crippen LogP contribution in [-0.4, -0.2) is 40.0 Å². The zero-order valence-corrected chi connectivity index (χ0v) is 16.3. The molecule has 0 aliphatic carbocycles.